The van der Waals surface area contributed by atoms with E-state index in [1.807, 2.05) is 0 Å². The van der Waals surface area contributed by atoms with Gasteiger partial charge < -0.3 is 0 Å². The van der Waals surface area contributed by atoms with Crippen molar-refractivity contribution in [3.8, 4) is 0 Å². The first-order valence-electron chi connectivity index (χ1n) is 4.29. The summed E-state index contributed by atoms with van der Waals surface area (Å²) < 4.78 is 0. The quantitative estimate of drug-likeness (QED) is 0.450. The number of hydrogen-bond donors (Lipinski definition) is 0. The van der Waals surface area contributed by atoms with Crippen LogP contribution in [0.25, 0.3) is 0 Å². The molecule has 1 unspecified atom stereocenters. The smallest absolute Gasteiger partial charge is 0.0203 e. The Bertz CT molecular complexity index is 149. The Morgan fingerprint density at radius 2 is 1.90 bits per heavy atom. The van der Waals surface area contributed by atoms with Gasteiger partial charge >= 0.3 is 0 Å². The van der Waals surface area contributed by atoms with E-state index >= 15 is 0 Å². The molecule has 0 aromatic carbocycles. The van der Waals surface area contributed by atoms with Gasteiger partial charge in [0.2, 0.25) is 0 Å². The summed E-state index contributed by atoms with van der Waals surface area (Å²) in [6, 6.07) is 0. The van der Waals surface area contributed by atoms with E-state index < -0.39 is 0 Å². The molecule has 1 aliphatic carbocycles. The standard InChI is InChI=1S/C10H18/c1-7(2)10-6-5-8(3)9(10)4/h8-9H,5-6H2,1-4H3/t8-,9?/m1/s1. The van der Waals surface area contributed by atoms with E-state index in [0.29, 0.717) is 0 Å². The van der Waals surface area contributed by atoms with E-state index in [2.05, 4.69) is 27.7 Å². The molecule has 10 heavy (non-hydrogen) atoms. The highest BCUT2D eigenvalue weighted by atomic mass is 14.3. The van der Waals surface area contributed by atoms with Crippen LogP contribution in [0.15, 0.2) is 11.1 Å². The van der Waals surface area contributed by atoms with Gasteiger partial charge in [0.15, 0.2) is 0 Å². The van der Waals surface area contributed by atoms with Crippen LogP contribution in [0.1, 0.15) is 40.5 Å². The van der Waals surface area contributed by atoms with Crippen molar-refractivity contribution >= 4 is 0 Å². The Balaban J connectivity index is 2.76. The monoisotopic (exact) mass is 138 g/mol. The Morgan fingerprint density at radius 1 is 1.30 bits per heavy atom. The highest BCUT2D eigenvalue weighted by Gasteiger charge is 2.24. The van der Waals surface area contributed by atoms with Gasteiger partial charge in [0.25, 0.3) is 0 Å². The molecular formula is C10H18. The van der Waals surface area contributed by atoms with Gasteiger partial charge in [-0.05, 0) is 38.5 Å². The van der Waals surface area contributed by atoms with Crippen molar-refractivity contribution in [2.75, 3.05) is 0 Å². The molecule has 0 aliphatic heterocycles. The third-order valence-electron chi connectivity index (χ3n) is 2.91. The topological polar surface area (TPSA) is 0 Å². The minimum atomic E-state index is 0.852. The van der Waals surface area contributed by atoms with Gasteiger partial charge in [-0.25, -0.2) is 0 Å². The van der Waals surface area contributed by atoms with Crippen molar-refractivity contribution in [3.05, 3.63) is 11.1 Å². The van der Waals surface area contributed by atoms with Crippen molar-refractivity contribution in [3.63, 3.8) is 0 Å². The van der Waals surface area contributed by atoms with Crippen molar-refractivity contribution < 1.29 is 0 Å². The maximum absolute atomic E-state index is 2.36. The van der Waals surface area contributed by atoms with Crippen LogP contribution in [-0.4, -0.2) is 0 Å². The van der Waals surface area contributed by atoms with Crippen LogP contribution in [0.5, 0.6) is 0 Å². The first-order valence-corrected chi connectivity index (χ1v) is 4.29. The third kappa shape index (κ3) is 1.25. The summed E-state index contributed by atoms with van der Waals surface area (Å²) in [4.78, 5) is 0. The molecule has 0 amide bonds. The Morgan fingerprint density at radius 3 is 2.10 bits per heavy atom. The minimum Gasteiger partial charge on any atom is -0.0770 e. The summed E-state index contributed by atoms with van der Waals surface area (Å²) in [7, 11) is 0. The molecule has 0 bridgehead atoms. The molecule has 0 spiro atoms. The molecule has 58 valence electrons. The fourth-order valence-corrected chi connectivity index (χ4v) is 1.91. The highest BCUT2D eigenvalue weighted by Crippen LogP contribution is 2.37. The molecule has 1 saturated carbocycles. The normalized spacial score (nSPS) is 33.0. The van der Waals surface area contributed by atoms with E-state index in [1.165, 1.54) is 12.8 Å². The third-order valence-corrected chi connectivity index (χ3v) is 2.91. The zero-order valence-corrected chi connectivity index (χ0v) is 7.57. The van der Waals surface area contributed by atoms with Gasteiger partial charge in [-0.3, -0.25) is 0 Å². The summed E-state index contributed by atoms with van der Waals surface area (Å²) in [5, 5.41) is 0. The average Bonchev–Trinajstić information content (AvgIpc) is 2.14. The van der Waals surface area contributed by atoms with Crippen LogP contribution in [0.4, 0.5) is 0 Å². The van der Waals surface area contributed by atoms with Crippen LogP contribution in [0.2, 0.25) is 0 Å². The largest absolute Gasteiger partial charge is 0.0770 e. The van der Waals surface area contributed by atoms with Crippen molar-refractivity contribution in [1.29, 1.82) is 0 Å². The molecule has 2 atom stereocenters. The highest BCUT2D eigenvalue weighted by molar-refractivity contribution is 5.17. The lowest BCUT2D eigenvalue weighted by Gasteiger charge is -2.11. The van der Waals surface area contributed by atoms with Gasteiger partial charge in [0, 0.05) is 0 Å². The van der Waals surface area contributed by atoms with Crippen LogP contribution in [-0.2, 0) is 0 Å². The van der Waals surface area contributed by atoms with Crippen molar-refractivity contribution in [2.24, 2.45) is 11.8 Å². The fraction of sp³-hybridized carbons (Fsp3) is 0.800. The van der Waals surface area contributed by atoms with E-state index in [-0.39, 0.29) is 0 Å². The lowest BCUT2D eigenvalue weighted by Crippen LogP contribution is -2.00. The maximum atomic E-state index is 2.36. The number of hydrogen-bond acceptors (Lipinski definition) is 0. The number of rotatable bonds is 0. The second-order valence-electron chi connectivity index (χ2n) is 3.83. The molecule has 1 aliphatic rings. The average molecular weight is 138 g/mol. The maximum Gasteiger partial charge on any atom is -0.0203 e. The zero-order chi connectivity index (χ0) is 7.72. The first-order chi connectivity index (χ1) is 4.63. The van der Waals surface area contributed by atoms with Gasteiger partial charge in [-0.1, -0.05) is 25.0 Å². The first kappa shape index (κ1) is 7.84. The molecule has 0 saturated heterocycles. The second-order valence-corrected chi connectivity index (χ2v) is 3.83. The SMILES string of the molecule is CC(C)=C1CC[C@@H](C)C1C. The molecule has 1 rings (SSSR count). The van der Waals surface area contributed by atoms with Gasteiger partial charge in [0.05, 0.1) is 0 Å². The van der Waals surface area contributed by atoms with Crippen LogP contribution < -0.4 is 0 Å². The molecule has 0 heteroatoms. The molecule has 0 N–H and O–H groups in total. The zero-order valence-electron chi connectivity index (χ0n) is 7.57. The molecule has 0 aromatic heterocycles. The van der Waals surface area contributed by atoms with E-state index in [0.717, 1.165) is 11.8 Å². The summed E-state index contributed by atoms with van der Waals surface area (Å²) in [6.07, 6.45) is 2.76. The molecule has 0 aromatic rings. The van der Waals surface area contributed by atoms with E-state index in [4.69, 9.17) is 0 Å². The lowest BCUT2D eigenvalue weighted by atomic mass is 9.95. The van der Waals surface area contributed by atoms with E-state index in [9.17, 15) is 0 Å². The summed E-state index contributed by atoms with van der Waals surface area (Å²) in [5.41, 5.74) is 3.27. The molecule has 0 heterocycles. The van der Waals surface area contributed by atoms with Crippen LogP contribution in [0.3, 0.4) is 0 Å². The van der Waals surface area contributed by atoms with E-state index in [1.54, 1.807) is 11.1 Å². The van der Waals surface area contributed by atoms with Crippen LogP contribution in [0, 0.1) is 11.8 Å². The minimum absolute atomic E-state index is 0.852. The second kappa shape index (κ2) is 2.77. The molecule has 0 nitrogen and oxygen atoms in total. The summed E-state index contributed by atoms with van der Waals surface area (Å²) in [5.74, 6) is 1.77. The molecular weight excluding hydrogens is 120 g/mol. The Kier molecular flexibility index (Phi) is 2.18. The summed E-state index contributed by atoms with van der Waals surface area (Å²) in [6.45, 7) is 9.20. The van der Waals surface area contributed by atoms with Gasteiger partial charge in [-0.15, -0.1) is 0 Å². The Hall–Kier alpha value is -0.260. The fourth-order valence-electron chi connectivity index (χ4n) is 1.91. The van der Waals surface area contributed by atoms with Crippen LogP contribution >= 0.6 is 0 Å². The van der Waals surface area contributed by atoms with Gasteiger partial charge in [-0.2, -0.15) is 0 Å². The number of allylic oxidation sites excluding steroid dienone is 2. The molecule has 0 radical (unpaired) electrons. The lowest BCUT2D eigenvalue weighted by molar-refractivity contribution is 0.492. The predicted molar refractivity (Wildman–Crippen MR) is 45.9 cm³/mol. The van der Waals surface area contributed by atoms with Gasteiger partial charge in [0.1, 0.15) is 0 Å². The Labute approximate surface area is 64.3 Å². The molecule has 1 fully saturated rings. The van der Waals surface area contributed by atoms with Crippen molar-refractivity contribution in [1.82, 2.24) is 0 Å². The predicted octanol–water partition coefficient (Wildman–Crippen LogP) is 3.39. The van der Waals surface area contributed by atoms with Crippen molar-refractivity contribution in [2.45, 2.75) is 40.5 Å². The summed E-state index contributed by atoms with van der Waals surface area (Å²) >= 11 is 0.